The van der Waals surface area contributed by atoms with Crippen LogP contribution in [0.5, 0.6) is 0 Å². The summed E-state index contributed by atoms with van der Waals surface area (Å²) in [7, 11) is 0. The number of nitrogens with zero attached hydrogens (tertiary/aromatic N) is 1. The molecular weight excluding hydrogens is 302 g/mol. The SMILES string of the molecule is Cc1cc2n(c1C(=O)c1ccccc1)CCCC2C(=O)OC(C)C. The number of rotatable bonds is 4. The average molecular weight is 325 g/mol. The zero-order valence-corrected chi connectivity index (χ0v) is 14.4. The summed E-state index contributed by atoms with van der Waals surface area (Å²) in [6, 6.07) is 11.3. The van der Waals surface area contributed by atoms with Crippen molar-refractivity contribution in [3.63, 3.8) is 0 Å². The molecule has 1 unspecified atom stereocenters. The number of aryl methyl sites for hydroxylation is 1. The highest BCUT2D eigenvalue weighted by Gasteiger charge is 2.32. The summed E-state index contributed by atoms with van der Waals surface area (Å²) >= 11 is 0. The third kappa shape index (κ3) is 3.01. The summed E-state index contributed by atoms with van der Waals surface area (Å²) in [5, 5.41) is 0. The highest BCUT2D eigenvalue weighted by atomic mass is 16.5. The largest absolute Gasteiger partial charge is 0.462 e. The first-order valence-electron chi connectivity index (χ1n) is 8.49. The predicted molar refractivity (Wildman–Crippen MR) is 92.2 cm³/mol. The van der Waals surface area contributed by atoms with E-state index in [0.717, 1.165) is 30.6 Å². The van der Waals surface area contributed by atoms with Gasteiger partial charge in [0.15, 0.2) is 0 Å². The Bertz CT molecular complexity index is 759. The second-order valence-corrected chi connectivity index (χ2v) is 6.63. The number of benzene rings is 1. The lowest BCUT2D eigenvalue weighted by atomic mass is 9.96. The minimum absolute atomic E-state index is 0.0113. The molecule has 3 rings (SSSR count). The highest BCUT2D eigenvalue weighted by molar-refractivity contribution is 6.09. The van der Waals surface area contributed by atoms with Gasteiger partial charge in [0, 0.05) is 17.8 Å². The zero-order valence-electron chi connectivity index (χ0n) is 14.4. The molecule has 0 amide bonds. The second kappa shape index (κ2) is 6.63. The van der Waals surface area contributed by atoms with Crippen LogP contribution in [-0.4, -0.2) is 22.4 Å². The van der Waals surface area contributed by atoms with E-state index in [1.807, 2.05) is 61.7 Å². The third-order valence-electron chi connectivity index (χ3n) is 4.44. The fourth-order valence-electron chi connectivity index (χ4n) is 3.42. The molecule has 1 aliphatic heterocycles. The van der Waals surface area contributed by atoms with E-state index in [2.05, 4.69) is 0 Å². The van der Waals surface area contributed by atoms with Crippen LogP contribution in [0, 0.1) is 6.92 Å². The molecule has 0 fully saturated rings. The van der Waals surface area contributed by atoms with Gasteiger partial charge in [-0.25, -0.2) is 0 Å². The predicted octanol–water partition coefficient (Wildman–Crippen LogP) is 3.86. The number of aromatic nitrogens is 1. The molecular formula is C20H23NO3. The van der Waals surface area contributed by atoms with E-state index in [0.29, 0.717) is 11.3 Å². The van der Waals surface area contributed by atoms with Crippen LogP contribution in [0.25, 0.3) is 0 Å². The van der Waals surface area contributed by atoms with Crippen LogP contribution in [0.15, 0.2) is 36.4 Å². The summed E-state index contributed by atoms with van der Waals surface area (Å²) in [6.45, 7) is 6.42. The molecule has 1 aromatic carbocycles. The van der Waals surface area contributed by atoms with E-state index in [-0.39, 0.29) is 23.8 Å². The maximum atomic E-state index is 12.9. The molecule has 1 aromatic heterocycles. The summed E-state index contributed by atoms with van der Waals surface area (Å²) in [5.74, 6) is -0.462. The first kappa shape index (κ1) is 16.5. The van der Waals surface area contributed by atoms with Crippen molar-refractivity contribution in [2.45, 2.75) is 52.2 Å². The quantitative estimate of drug-likeness (QED) is 0.633. The highest BCUT2D eigenvalue weighted by Crippen LogP contribution is 2.33. The molecule has 2 aromatic rings. The molecule has 126 valence electrons. The van der Waals surface area contributed by atoms with E-state index in [1.54, 1.807) is 0 Å². The normalized spacial score (nSPS) is 16.8. The number of carbonyl (C=O) groups is 2. The van der Waals surface area contributed by atoms with Gasteiger partial charge in [-0.05, 0) is 45.2 Å². The summed E-state index contributed by atoms with van der Waals surface area (Å²) in [6.07, 6.45) is 1.51. The van der Waals surface area contributed by atoms with E-state index in [1.165, 1.54) is 0 Å². The summed E-state index contributed by atoms with van der Waals surface area (Å²) in [4.78, 5) is 25.3. The molecule has 0 aliphatic carbocycles. The van der Waals surface area contributed by atoms with Crippen LogP contribution in [0.4, 0.5) is 0 Å². The van der Waals surface area contributed by atoms with Gasteiger partial charge in [0.25, 0.3) is 0 Å². The maximum Gasteiger partial charge on any atom is 0.315 e. The van der Waals surface area contributed by atoms with Crippen molar-refractivity contribution in [1.82, 2.24) is 4.57 Å². The lowest BCUT2D eigenvalue weighted by molar-refractivity contribution is -0.149. The fourth-order valence-corrected chi connectivity index (χ4v) is 3.42. The molecule has 1 aliphatic rings. The Morgan fingerprint density at radius 2 is 1.92 bits per heavy atom. The first-order chi connectivity index (χ1) is 11.5. The molecule has 0 bridgehead atoms. The molecule has 24 heavy (non-hydrogen) atoms. The molecule has 2 heterocycles. The van der Waals surface area contributed by atoms with Crippen molar-refractivity contribution in [3.8, 4) is 0 Å². The Morgan fingerprint density at radius 1 is 1.21 bits per heavy atom. The van der Waals surface area contributed by atoms with Gasteiger partial charge in [-0.15, -0.1) is 0 Å². The number of ketones is 1. The minimum Gasteiger partial charge on any atom is -0.462 e. The van der Waals surface area contributed by atoms with Crippen LogP contribution in [0.2, 0.25) is 0 Å². The molecule has 0 radical (unpaired) electrons. The Hall–Kier alpha value is -2.36. The average Bonchev–Trinajstić information content (AvgIpc) is 2.90. The number of carbonyl (C=O) groups excluding carboxylic acids is 2. The van der Waals surface area contributed by atoms with Crippen LogP contribution >= 0.6 is 0 Å². The smallest absolute Gasteiger partial charge is 0.315 e. The molecule has 1 atom stereocenters. The first-order valence-corrected chi connectivity index (χ1v) is 8.49. The number of hydrogen-bond donors (Lipinski definition) is 0. The van der Waals surface area contributed by atoms with Crippen LogP contribution < -0.4 is 0 Å². The number of esters is 1. The Balaban J connectivity index is 1.99. The van der Waals surface area contributed by atoms with Crippen LogP contribution in [0.3, 0.4) is 0 Å². The molecule has 4 heteroatoms. The van der Waals surface area contributed by atoms with Gasteiger partial charge in [0.05, 0.1) is 17.7 Å². The molecule has 0 saturated heterocycles. The van der Waals surface area contributed by atoms with E-state index >= 15 is 0 Å². The van der Waals surface area contributed by atoms with Crippen molar-refractivity contribution < 1.29 is 14.3 Å². The van der Waals surface area contributed by atoms with E-state index in [4.69, 9.17) is 4.74 Å². The summed E-state index contributed by atoms with van der Waals surface area (Å²) < 4.78 is 7.42. The third-order valence-corrected chi connectivity index (χ3v) is 4.44. The van der Waals surface area contributed by atoms with Crippen molar-refractivity contribution in [1.29, 1.82) is 0 Å². The second-order valence-electron chi connectivity index (χ2n) is 6.63. The Kier molecular flexibility index (Phi) is 4.56. The van der Waals surface area contributed by atoms with E-state index < -0.39 is 0 Å². The van der Waals surface area contributed by atoms with Crippen LogP contribution in [-0.2, 0) is 16.1 Å². The van der Waals surface area contributed by atoms with Gasteiger partial charge in [-0.1, -0.05) is 30.3 Å². The fraction of sp³-hybridized carbons (Fsp3) is 0.400. The summed E-state index contributed by atoms with van der Waals surface area (Å²) in [5.41, 5.74) is 3.19. The van der Waals surface area contributed by atoms with Gasteiger partial charge in [0.2, 0.25) is 5.78 Å². The number of fused-ring (bicyclic) bond motifs is 1. The van der Waals surface area contributed by atoms with E-state index in [9.17, 15) is 9.59 Å². The number of hydrogen-bond acceptors (Lipinski definition) is 3. The maximum absolute atomic E-state index is 12.9. The Labute approximate surface area is 142 Å². The standard InChI is InChI=1S/C20H23NO3/c1-13(2)24-20(23)16-10-7-11-21-17(16)12-14(3)18(21)19(22)15-8-5-4-6-9-15/h4-6,8-9,12-13,16H,7,10-11H2,1-3H3. The molecule has 4 nitrogen and oxygen atoms in total. The van der Waals surface area contributed by atoms with Gasteiger partial charge in [-0.2, -0.15) is 0 Å². The lowest BCUT2D eigenvalue weighted by Gasteiger charge is -2.25. The minimum atomic E-state index is -0.280. The van der Waals surface area contributed by atoms with Crippen molar-refractivity contribution >= 4 is 11.8 Å². The van der Waals surface area contributed by atoms with Crippen LogP contribution in [0.1, 0.15) is 59.9 Å². The molecule has 0 saturated carbocycles. The van der Waals surface area contributed by atoms with Gasteiger partial charge < -0.3 is 9.30 Å². The lowest BCUT2D eigenvalue weighted by Crippen LogP contribution is -2.27. The zero-order chi connectivity index (χ0) is 17.3. The van der Waals surface area contributed by atoms with Crippen molar-refractivity contribution in [2.24, 2.45) is 0 Å². The molecule has 0 spiro atoms. The van der Waals surface area contributed by atoms with Crippen molar-refractivity contribution in [2.75, 3.05) is 0 Å². The molecule has 0 N–H and O–H groups in total. The topological polar surface area (TPSA) is 48.3 Å². The van der Waals surface area contributed by atoms with Crippen molar-refractivity contribution in [3.05, 3.63) is 58.9 Å². The van der Waals surface area contributed by atoms with Gasteiger partial charge in [-0.3, -0.25) is 9.59 Å². The Morgan fingerprint density at radius 3 is 2.58 bits per heavy atom. The monoisotopic (exact) mass is 325 g/mol. The van der Waals surface area contributed by atoms with Gasteiger partial charge >= 0.3 is 5.97 Å². The van der Waals surface area contributed by atoms with Gasteiger partial charge in [0.1, 0.15) is 0 Å². The number of ether oxygens (including phenoxy) is 1.